The standard InChI is InChI=1S/C14H22N6S/c1-5-20(6-2)14-18-12(15-4)17-13(19-14)16-10(3)11-8-7-9-21-11/h7-10H,5-6H2,1-4H3,(H2,15,16,17,18,19). The van der Waals surface area contributed by atoms with Gasteiger partial charge in [0.25, 0.3) is 0 Å². The molecule has 0 fully saturated rings. The van der Waals surface area contributed by atoms with E-state index in [1.165, 1.54) is 4.88 Å². The van der Waals surface area contributed by atoms with E-state index in [0.717, 1.165) is 13.1 Å². The first-order valence-corrected chi connectivity index (χ1v) is 8.04. The minimum absolute atomic E-state index is 0.168. The predicted molar refractivity (Wildman–Crippen MR) is 89.3 cm³/mol. The molecule has 21 heavy (non-hydrogen) atoms. The molecule has 2 heterocycles. The van der Waals surface area contributed by atoms with Gasteiger partial charge in [0.05, 0.1) is 6.04 Å². The Labute approximate surface area is 129 Å². The Kier molecular flexibility index (Phi) is 5.32. The van der Waals surface area contributed by atoms with Crippen LogP contribution in [0, 0.1) is 0 Å². The van der Waals surface area contributed by atoms with E-state index in [1.807, 2.05) is 13.1 Å². The number of nitrogens with zero attached hydrogens (tertiary/aromatic N) is 4. The first-order chi connectivity index (χ1) is 10.2. The summed E-state index contributed by atoms with van der Waals surface area (Å²) in [6.07, 6.45) is 0. The monoisotopic (exact) mass is 306 g/mol. The minimum atomic E-state index is 0.168. The van der Waals surface area contributed by atoms with Gasteiger partial charge in [0.1, 0.15) is 0 Å². The zero-order chi connectivity index (χ0) is 15.2. The van der Waals surface area contributed by atoms with Crippen LogP contribution in [0.1, 0.15) is 31.7 Å². The van der Waals surface area contributed by atoms with Crippen LogP contribution in [0.2, 0.25) is 0 Å². The molecule has 7 heteroatoms. The lowest BCUT2D eigenvalue weighted by atomic mass is 10.3. The second kappa shape index (κ2) is 7.21. The first kappa shape index (κ1) is 15.5. The summed E-state index contributed by atoms with van der Waals surface area (Å²) in [6, 6.07) is 4.32. The summed E-state index contributed by atoms with van der Waals surface area (Å²) in [4.78, 5) is 16.7. The van der Waals surface area contributed by atoms with Gasteiger partial charge in [0.15, 0.2) is 0 Å². The third-order valence-electron chi connectivity index (χ3n) is 3.21. The molecule has 0 aliphatic rings. The van der Waals surface area contributed by atoms with E-state index in [1.54, 1.807) is 11.3 Å². The Morgan fingerprint density at radius 3 is 2.48 bits per heavy atom. The van der Waals surface area contributed by atoms with Crippen molar-refractivity contribution in [1.82, 2.24) is 15.0 Å². The molecule has 0 aliphatic heterocycles. The van der Waals surface area contributed by atoms with E-state index < -0.39 is 0 Å². The Hall–Kier alpha value is -1.89. The topological polar surface area (TPSA) is 66.0 Å². The van der Waals surface area contributed by atoms with E-state index in [2.05, 4.69) is 62.7 Å². The number of thiophene rings is 1. The van der Waals surface area contributed by atoms with E-state index in [4.69, 9.17) is 0 Å². The lowest BCUT2D eigenvalue weighted by Crippen LogP contribution is -2.25. The van der Waals surface area contributed by atoms with Crippen LogP contribution in [0.15, 0.2) is 17.5 Å². The number of anilines is 3. The summed E-state index contributed by atoms with van der Waals surface area (Å²) >= 11 is 1.72. The number of hydrogen-bond donors (Lipinski definition) is 2. The van der Waals surface area contributed by atoms with Crippen LogP contribution in [0.25, 0.3) is 0 Å². The van der Waals surface area contributed by atoms with Crippen LogP contribution < -0.4 is 15.5 Å². The van der Waals surface area contributed by atoms with Crippen LogP contribution in [-0.4, -0.2) is 35.1 Å². The quantitative estimate of drug-likeness (QED) is 0.820. The highest BCUT2D eigenvalue weighted by molar-refractivity contribution is 7.10. The largest absolute Gasteiger partial charge is 0.357 e. The molecule has 1 unspecified atom stereocenters. The van der Waals surface area contributed by atoms with Gasteiger partial charge in [-0.25, -0.2) is 0 Å². The molecular weight excluding hydrogens is 284 g/mol. The first-order valence-electron chi connectivity index (χ1n) is 7.16. The van der Waals surface area contributed by atoms with Crippen LogP contribution in [0.3, 0.4) is 0 Å². The molecule has 2 rings (SSSR count). The van der Waals surface area contributed by atoms with Crippen molar-refractivity contribution in [3.63, 3.8) is 0 Å². The molecule has 0 spiro atoms. The minimum Gasteiger partial charge on any atom is -0.357 e. The van der Waals surface area contributed by atoms with Crippen molar-refractivity contribution in [3.05, 3.63) is 22.4 Å². The van der Waals surface area contributed by atoms with Gasteiger partial charge in [-0.2, -0.15) is 15.0 Å². The van der Waals surface area contributed by atoms with Gasteiger partial charge >= 0.3 is 0 Å². The van der Waals surface area contributed by atoms with Crippen molar-refractivity contribution >= 4 is 29.2 Å². The molecule has 1 atom stereocenters. The Balaban J connectivity index is 2.24. The van der Waals surface area contributed by atoms with Crippen molar-refractivity contribution in [3.8, 4) is 0 Å². The van der Waals surface area contributed by atoms with Crippen LogP contribution in [0.4, 0.5) is 17.8 Å². The molecule has 2 N–H and O–H groups in total. The fourth-order valence-electron chi connectivity index (χ4n) is 1.99. The lowest BCUT2D eigenvalue weighted by molar-refractivity contribution is 0.804. The van der Waals surface area contributed by atoms with Gasteiger partial charge < -0.3 is 15.5 Å². The maximum atomic E-state index is 4.53. The van der Waals surface area contributed by atoms with Crippen molar-refractivity contribution in [2.24, 2.45) is 0 Å². The van der Waals surface area contributed by atoms with Gasteiger partial charge in [0.2, 0.25) is 17.8 Å². The molecule has 0 bridgehead atoms. The molecule has 0 radical (unpaired) electrons. The summed E-state index contributed by atoms with van der Waals surface area (Å²) in [5, 5.41) is 8.41. The molecule has 0 aromatic carbocycles. The average molecular weight is 306 g/mol. The van der Waals surface area contributed by atoms with Crippen molar-refractivity contribution in [2.45, 2.75) is 26.8 Å². The fraction of sp³-hybridized carbons (Fsp3) is 0.500. The maximum absolute atomic E-state index is 4.53. The number of nitrogens with one attached hydrogen (secondary N) is 2. The smallest absolute Gasteiger partial charge is 0.231 e. The molecule has 0 amide bonds. The zero-order valence-electron chi connectivity index (χ0n) is 12.9. The molecule has 0 aliphatic carbocycles. The highest BCUT2D eigenvalue weighted by Gasteiger charge is 2.13. The zero-order valence-corrected chi connectivity index (χ0v) is 13.7. The van der Waals surface area contributed by atoms with Crippen LogP contribution >= 0.6 is 11.3 Å². The SMILES string of the molecule is CCN(CC)c1nc(NC)nc(NC(C)c2cccs2)n1. The Morgan fingerprint density at radius 1 is 1.19 bits per heavy atom. The molecule has 2 aromatic heterocycles. The Morgan fingerprint density at radius 2 is 1.90 bits per heavy atom. The highest BCUT2D eigenvalue weighted by atomic mass is 32.1. The average Bonchev–Trinajstić information content (AvgIpc) is 3.02. The number of hydrogen-bond acceptors (Lipinski definition) is 7. The normalized spacial score (nSPS) is 12.0. The van der Waals surface area contributed by atoms with E-state index in [9.17, 15) is 0 Å². The van der Waals surface area contributed by atoms with Gasteiger partial charge in [-0.3, -0.25) is 0 Å². The summed E-state index contributed by atoms with van der Waals surface area (Å²) in [5.74, 6) is 1.87. The number of aromatic nitrogens is 3. The van der Waals surface area contributed by atoms with Gasteiger partial charge in [-0.1, -0.05) is 6.07 Å². The summed E-state index contributed by atoms with van der Waals surface area (Å²) in [5.41, 5.74) is 0. The van der Waals surface area contributed by atoms with E-state index >= 15 is 0 Å². The summed E-state index contributed by atoms with van der Waals surface area (Å²) in [6.45, 7) is 8.01. The molecule has 0 saturated heterocycles. The van der Waals surface area contributed by atoms with E-state index in [-0.39, 0.29) is 6.04 Å². The van der Waals surface area contributed by atoms with Crippen LogP contribution in [0.5, 0.6) is 0 Å². The van der Waals surface area contributed by atoms with Gasteiger partial charge in [-0.05, 0) is 32.2 Å². The van der Waals surface area contributed by atoms with Crippen molar-refractivity contribution in [2.75, 3.05) is 35.7 Å². The van der Waals surface area contributed by atoms with Crippen LogP contribution in [-0.2, 0) is 0 Å². The number of rotatable bonds is 7. The highest BCUT2D eigenvalue weighted by Crippen LogP contribution is 2.22. The van der Waals surface area contributed by atoms with Crippen molar-refractivity contribution in [1.29, 1.82) is 0 Å². The second-order valence-corrected chi connectivity index (χ2v) is 5.57. The van der Waals surface area contributed by atoms with Crippen molar-refractivity contribution < 1.29 is 0 Å². The van der Waals surface area contributed by atoms with Gasteiger partial charge in [0, 0.05) is 25.0 Å². The maximum Gasteiger partial charge on any atom is 0.231 e. The van der Waals surface area contributed by atoms with Gasteiger partial charge in [-0.15, -0.1) is 11.3 Å². The Bertz CT molecular complexity index is 553. The molecule has 114 valence electrons. The lowest BCUT2D eigenvalue weighted by Gasteiger charge is -2.20. The molecule has 6 nitrogen and oxygen atoms in total. The fourth-order valence-corrected chi connectivity index (χ4v) is 2.73. The third kappa shape index (κ3) is 3.81. The van der Waals surface area contributed by atoms with E-state index in [0.29, 0.717) is 17.8 Å². The molecular formula is C14H22N6S. The third-order valence-corrected chi connectivity index (χ3v) is 4.26. The summed E-state index contributed by atoms with van der Waals surface area (Å²) < 4.78 is 0. The molecule has 0 saturated carbocycles. The second-order valence-electron chi connectivity index (χ2n) is 4.59. The summed E-state index contributed by atoms with van der Waals surface area (Å²) in [7, 11) is 1.81. The predicted octanol–water partition coefficient (Wildman–Crippen LogP) is 2.99. The molecule has 2 aromatic rings.